The molecular weight excluding hydrogens is 155 g/mol. The van der Waals surface area contributed by atoms with Gasteiger partial charge in [-0.15, -0.1) is 0 Å². The molecule has 0 aromatic carbocycles. The van der Waals surface area contributed by atoms with E-state index in [0.717, 1.165) is 0 Å². The predicted molar refractivity (Wildman–Crippen MR) is 37.2 cm³/mol. The zero-order valence-corrected chi connectivity index (χ0v) is 6.93. The summed E-state index contributed by atoms with van der Waals surface area (Å²) in [5.74, 6) is -0.423. The van der Waals surface area contributed by atoms with Gasteiger partial charge in [-0.3, -0.25) is 9.36 Å². The maximum atomic E-state index is 10.6. The van der Waals surface area contributed by atoms with E-state index in [0.29, 0.717) is 0 Å². The zero-order chi connectivity index (χ0) is 8.20. The van der Waals surface area contributed by atoms with Crippen LogP contribution in [0.5, 0.6) is 0 Å². The van der Waals surface area contributed by atoms with Crippen molar-refractivity contribution in [1.82, 2.24) is 0 Å². The Morgan fingerprint density at radius 2 is 2.20 bits per heavy atom. The Morgan fingerprint density at radius 1 is 1.70 bits per heavy atom. The molecule has 5 heteroatoms. The van der Waals surface area contributed by atoms with Gasteiger partial charge in [-0.1, -0.05) is 0 Å². The number of esters is 1. The van der Waals surface area contributed by atoms with Crippen LogP contribution >= 0.6 is 7.37 Å². The topological polar surface area (TPSA) is 63.6 Å². The summed E-state index contributed by atoms with van der Waals surface area (Å²) in [7, 11) is -3.00. The average molecular weight is 166 g/mol. The standard InChI is InChI=1S/C5H11O4P/c1-5(6)9-3-4-10(2,7)8/h3-4H2,1-2H3,(H,7,8). The van der Waals surface area contributed by atoms with Crippen molar-refractivity contribution in [3.8, 4) is 0 Å². The lowest BCUT2D eigenvalue weighted by molar-refractivity contribution is -0.140. The summed E-state index contributed by atoms with van der Waals surface area (Å²) in [4.78, 5) is 18.8. The molecule has 60 valence electrons. The molecule has 0 radical (unpaired) electrons. The van der Waals surface area contributed by atoms with Gasteiger partial charge in [0.1, 0.15) is 6.61 Å². The van der Waals surface area contributed by atoms with E-state index in [1.165, 1.54) is 13.6 Å². The second-order valence-corrected chi connectivity index (χ2v) is 4.66. The molecule has 0 heterocycles. The van der Waals surface area contributed by atoms with Crippen LogP contribution < -0.4 is 0 Å². The quantitative estimate of drug-likeness (QED) is 0.488. The highest BCUT2D eigenvalue weighted by Crippen LogP contribution is 2.33. The highest BCUT2D eigenvalue weighted by Gasteiger charge is 2.09. The number of carbonyl (C=O) groups is 1. The van der Waals surface area contributed by atoms with Gasteiger partial charge in [-0.25, -0.2) is 0 Å². The van der Waals surface area contributed by atoms with Crippen molar-refractivity contribution in [1.29, 1.82) is 0 Å². The van der Waals surface area contributed by atoms with E-state index in [4.69, 9.17) is 4.89 Å². The van der Waals surface area contributed by atoms with E-state index in [9.17, 15) is 9.36 Å². The Morgan fingerprint density at radius 3 is 2.50 bits per heavy atom. The van der Waals surface area contributed by atoms with Crippen LogP contribution in [-0.4, -0.2) is 30.3 Å². The second-order valence-electron chi connectivity index (χ2n) is 2.11. The molecule has 0 bridgehead atoms. The molecule has 0 fully saturated rings. The number of hydrogen-bond donors (Lipinski definition) is 1. The molecule has 1 N–H and O–H groups in total. The predicted octanol–water partition coefficient (Wildman–Crippen LogP) is 0.450. The summed E-state index contributed by atoms with van der Waals surface area (Å²) in [5.41, 5.74) is 0. The second kappa shape index (κ2) is 3.74. The summed E-state index contributed by atoms with van der Waals surface area (Å²) < 4.78 is 15.0. The van der Waals surface area contributed by atoms with Crippen molar-refractivity contribution in [2.45, 2.75) is 6.92 Å². The van der Waals surface area contributed by atoms with Crippen LogP contribution in [0.1, 0.15) is 6.92 Å². The van der Waals surface area contributed by atoms with Crippen LogP contribution in [0.3, 0.4) is 0 Å². The first-order valence-corrected chi connectivity index (χ1v) is 5.13. The molecule has 1 unspecified atom stereocenters. The maximum absolute atomic E-state index is 10.6. The minimum absolute atomic E-state index is 0.0274. The fraction of sp³-hybridized carbons (Fsp3) is 0.800. The summed E-state index contributed by atoms with van der Waals surface area (Å²) in [6, 6.07) is 0. The molecule has 0 rings (SSSR count). The summed E-state index contributed by atoms with van der Waals surface area (Å²) >= 11 is 0. The molecule has 0 aromatic heterocycles. The number of hydrogen-bond acceptors (Lipinski definition) is 3. The van der Waals surface area contributed by atoms with Crippen LogP contribution in [0, 0.1) is 0 Å². The summed E-state index contributed by atoms with van der Waals surface area (Å²) in [5, 5.41) is 0. The molecule has 10 heavy (non-hydrogen) atoms. The molecule has 1 atom stereocenters. The van der Waals surface area contributed by atoms with Gasteiger partial charge < -0.3 is 9.63 Å². The third-order valence-corrected chi connectivity index (χ3v) is 1.82. The van der Waals surface area contributed by atoms with Crippen molar-refractivity contribution < 1.29 is 19.0 Å². The lowest BCUT2D eigenvalue weighted by atomic mass is 10.8. The van der Waals surface area contributed by atoms with Gasteiger partial charge in [-0.05, 0) is 0 Å². The minimum atomic E-state index is -3.00. The molecule has 0 aliphatic heterocycles. The first kappa shape index (κ1) is 9.66. The van der Waals surface area contributed by atoms with Crippen molar-refractivity contribution >= 4 is 13.3 Å². The monoisotopic (exact) mass is 166 g/mol. The van der Waals surface area contributed by atoms with Crippen molar-refractivity contribution in [3.05, 3.63) is 0 Å². The normalized spacial score (nSPS) is 15.9. The van der Waals surface area contributed by atoms with Crippen molar-refractivity contribution in [2.75, 3.05) is 19.4 Å². The molecule has 0 aliphatic carbocycles. The molecule has 0 amide bonds. The van der Waals surface area contributed by atoms with Gasteiger partial charge in [-0.2, -0.15) is 0 Å². The number of carbonyl (C=O) groups excluding carboxylic acids is 1. The minimum Gasteiger partial charge on any atom is -0.465 e. The van der Waals surface area contributed by atoms with Crippen LogP contribution in [0.15, 0.2) is 0 Å². The fourth-order valence-electron chi connectivity index (χ4n) is 0.359. The first-order valence-electron chi connectivity index (χ1n) is 2.84. The average Bonchev–Trinajstić information content (AvgIpc) is 1.59. The van der Waals surface area contributed by atoms with E-state index in [1.54, 1.807) is 0 Å². The zero-order valence-electron chi connectivity index (χ0n) is 6.03. The highest BCUT2D eigenvalue weighted by molar-refractivity contribution is 7.57. The summed E-state index contributed by atoms with van der Waals surface area (Å²) in [6.45, 7) is 2.52. The highest BCUT2D eigenvalue weighted by atomic mass is 31.2. The van der Waals surface area contributed by atoms with Gasteiger partial charge in [0, 0.05) is 13.6 Å². The summed E-state index contributed by atoms with van der Waals surface area (Å²) in [6.07, 6.45) is 0.0343. The maximum Gasteiger partial charge on any atom is 0.302 e. The Kier molecular flexibility index (Phi) is 3.61. The molecule has 4 nitrogen and oxygen atoms in total. The Labute approximate surface area is 59.6 Å². The molecule has 0 spiro atoms. The van der Waals surface area contributed by atoms with Crippen LogP contribution in [-0.2, 0) is 14.1 Å². The first-order chi connectivity index (χ1) is 4.42. The molecule has 0 aromatic rings. The SMILES string of the molecule is CC(=O)OCCP(C)(=O)O. The molecule has 0 saturated heterocycles. The fourth-order valence-corrected chi connectivity index (χ4v) is 0.789. The number of ether oxygens (including phenoxy) is 1. The van der Waals surface area contributed by atoms with E-state index < -0.39 is 13.3 Å². The van der Waals surface area contributed by atoms with Crippen LogP contribution in [0.25, 0.3) is 0 Å². The Hall–Kier alpha value is -0.340. The van der Waals surface area contributed by atoms with Crippen LogP contribution in [0.4, 0.5) is 0 Å². The van der Waals surface area contributed by atoms with Gasteiger partial charge in [0.05, 0.1) is 6.16 Å². The van der Waals surface area contributed by atoms with Gasteiger partial charge in [0.2, 0.25) is 7.37 Å². The van der Waals surface area contributed by atoms with Crippen molar-refractivity contribution in [2.24, 2.45) is 0 Å². The van der Waals surface area contributed by atoms with Crippen molar-refractivity contribution in [3.63, 3.8) is 0 Å². The number of rotatable bonds is 3. The lowest BCUT2D eigenvalue weighted by Crippen LogP contribution is -2.04. The molecular formula is C5H11O4P. The van der Waals surface area contributed by atoms with E-state index in [2.05, 4.69) is 4.74 Å². The Bertz CT molecular complexity index is 159. The van der Waals surface area contributed by atoms with Gasteiger partial charge in [0.15, 0.2) is 0 Å². The van der Waals surface area contributed by atoms with E-state index in [-0.39, 0.29) is 12.8 Å². The largest absolute Gasteiger partial charge is 0.465 e. The van der Waals surface area contributed by atoms with E-state index in [1.807, 2.05) is 0 Å². The molecule has 0 saturated carbocycles. The van der Waals surface area contributed by atoms with Gasteiger partial charge >= 0.3 is 5.97 Å². The smallest absolute Gasteiger partial charge is 0.302 e. The third-order valence-electron chi connectivity index (χ3n) is 0.812. The third kappa shape index (κ3) is 7.66. The molecule has 0 aliphatic rings. The lowest BCUT2D eigenvalue weighted by Gasteiger charge is -2.03. The Balaban J connectivity index is 3.39. The van der Waals surface area contributed by atoms with E-state index >= 15 is 0 Å². The van der Waals surface area contributed by atoms with Gasteiger partial charge in [0.25, 0.3) is 0 Å². The van der Waals surface area contributed by atoms with Crippen LogP contribution in [0.2, 0.25) is 0 Å².